The molecule has 5 heterocycles. The van der Waals surface area contributed by atoms with Crippen molar-refractivity contribution in [1.82, 2.24) is 24.9 Å². The number of esters is 1. The monoisotopic (exact) mass is 351 g/mol. The molecule has 2 aromatic heterocycles. The minimum atomic E-state index is -0.338. The van der Waals surface area contributed by atoms with Crippen molar-refractivity contribution in [2.75, 3.05) is 26.7 Å². The molecule has 134 valence electrons. The molecule has 1 atom stereocenters. The molecule has 7 nitrogen and oxygen atoms in total. The van der Waals surface area contributed by atoms with Crippen molar-refractivity contribution >= 4 is 16.9 Å². The van der Waals surface area contributed by atoms with E-state index in [9.17, 15) is 4.79 Å². The molecule has 1 unspecified atom stereocenters. The van der Waals surface area contributed by atoms with Crippen molar-refractivity contribution in [3.05, 3.63) is 36.2 Å². The maximum Gasteiger partial charge on any atom is 0.337 e. The van der Waals surface area contributed by atoms with E-state index >= 15 is 0 Å². The maximum absolute atomic E-state index is 11.8. The zero-order valence-electron chi connectivity index (χ0n) is 14.7. The Morgan fingerprint density at radius 3 is 2.88 bits per heavy atom. The number of carbonyl (C=O) groups is 1. The summed E-state index contributed by atoms with van der Waals surface area (Å²) < 4.78 is 6.87. The molecular formula is C19H21N5O2. The summed E-state index contributed by atoms with van der Waals surface area (Å²) in [6, 6.07) is 5.91. The second-order valence-corrected chi connectivity index (χ2v) is 7.24. The minimum Gasteiger partial charge on any atom is -0.465 e. The van der Waals surface area contributed by atoms with Crippen LogP contribution in [0.2, 0.25) is 0 Å². The first-order chi connectivity index (χ1) is 12.7. The number of methoxy groups -OCH3 is 1. The third-order valence-corrected chi connectivity index (χ3v) is 5.85. The topological polar surface area (TPSA) is 76.0 Å². The molecule has 26 heavy (non-hydrogen) atoms. The molecule has 1 aromatic carbocycles. The second-order valence-electron chi connectivity index (χ2n) is 7.24. The summed E-state index contributed by atoms with van der Waals surface area (Å²) in [4.78, 5) is 17.6. The number of nitrogens with zero attached hydrogens (tertiary/aromatic N) is 4. The fourth-order valence-corrected chi connectivity index (χ4v) is 4.37. The van der Waals surface area contributed by atoms with Crippen LogP contribution in [0.5, 0.6) is 0 Å². The number of hydrogen-bond donors (Lipinski definition) is 1. The first kappa shape index (κ1) is 15.6. The molecule has 0 spiro atoms. The number of hydrogen-bond acceptors (Lipinski definition) is 5. The zero-order valence-corrected chi connectivity index (χ0v) is 14.7. The Kier molecular flexibility index (Phi) is 3.56. The van der Waals surface area contributed by atoms with Crippen molar-refractivity contribution in [2.24, 2.45) is 5.92 Å². The number of H-pyrrole nitrogens is 1. The highest BCUT2D eigenvalue weighted by molar-refractivity contribution is 6.00. The molecule has 1 N–H and O–H groups in total. The molecular weight excluding hydrogens is 330 g/mol. The van der Waals surface area contributed by atoms with Crippen molar-refractivity contribution in [3.8, 4) is 11.3 Å². The molecule has 3 aromatic rings. The summed E-state index contributed by atoms with van der Waals surface area (Å²) in [5.74, 6) is 0.360. The van der Waals surface area contributed by atoms with E-state index < -0.39 is 0 Å². The van der Waals surface area contributed by atoms with Gasteiger partial charge in [0.15, 0.2) is 0 Å². The van der Waals surface area contributed by atoms with E-state index in [1.54, 1.807) is 6.07 Å². The van der Waals surface area contributed by atoms with Gasteiger partial charge in [0.2, 0.25) is 0 Å². The van der Waals surface area contributed by atoms with Crippen LogP contribution in [-0.2, 0) is 4.74 Å². The molecule has 3 aliphatic heterocycles. The highest BCUT2D eigenvalue weighted by Gasteiger charge is 2.35. The van der Waals surface area contributed by atoms with Gasteiger partial charge in [-0.3, -0.25) is 0 Å². The summed E-state index contributed by atoms with van der Waals surface area (Å²) in [7, 11) is 1.39. The van der Waals surface area contributed by atoms with E-state index in [1.807, 2.05) is 29.2 Å². The van der Waals surface area contributed by atoms with Crippen LogP contribution in [-0.4, -0.2) is 57.6 Å². The number of fused-ring (bicyclic) bond motifs is 4. The number of nitrogens with one attached hydrogen (secondary N) is 1. The number of benzene rings is 1. The number of ether oxygens (including phenoxy) is 1. The molecule has 0 amide bonds. The van der Waals surface area contributed by atoms with E-state index in [1.165, 1.54) is 33.0 Å². The molecule has 6 rings (SSSR count). The predicted molar refractivity (Wildman–Crippen MR) is 96.9 cm³/mol. The van der Waals surface area contributed by atoms with Crippen LogP contribution in [0.25, 0.3) is 22.2 Å². The average Bonchev–Trinajstić information content (AvgIpc) is 3.34. The number of aromatic nitrogens is 4. The largest absolute Gasteiger partial charge is 0.465 e. The maximum atomic E-state index is 11.8. The van der Waals surface area contributed by atoms with Gasteiger partial charge in [-0.05, 0) is 50.0 Å². The Morgan fingerprint density at radius 1 is 1.31 bits per heavy atom. The van der Waals surface area contributed by atoms with E-state index in [4.69, 9.17) is 4.74 Å². The highest BCUT2D eigenvalue weighted by atomic mass is 16.5. The third kappa shape index (κ3) is 2.42. The zero-order chi connectivity index (χ0) is 17.7. The van der Waals surface area contributed by atoms with E-state index in [0.717, 1.165) is 28.7 Å². The number of piperidine rings is 3. The average molecular weight is 351 g/mol. The molecule has 0 radical (unpaired) electrons. The fourth-order valence-electron chi connectivity index (χ4n) is 4.37. The van der Waals surface area contributed by atoms with Crippen LogP contribution in [0, 0.1) is 5.92 Å². The van der Waals surface area contributed by atoms with Crippen LogP contribution in [0.3, 0.4) is 0 Å². The van der Waals surface area contributed by atoms with Gasteiger partial charge in [-0.2, -0.15) is 0 Å². The normalized spacial score (nSPS) is 24.9. The molecule has 3 aliphatic rings. The first-order valence-electron chi connectivity index (χ1n) is 9.07. The first-order valence-corrected chi connectivity index (χ1v) is 9.07. The molecule has 3 fully saturated rings. The smallest absolute Gasteiger partial charge is 0.337 e. The lowest BCUT2D eigenvalue weighted by Crippen LogP contribution is -2.48. The Labute approximate surface area is 150 Å². The number of rotatable bonds is 3. The molecule has 0 saturated carbocycles. The predicted octanol–water partition coefficient (Wildman–Crippen LogP) is 2.48. The fraction of sp³-hybridized carbons (Fsp3) is 0.421. The van der Waals surface area contributed by atoms with Crippen molar-refractivity contribution in [3.63, 3.8) is 0 Å². The SMILES string of the molecule is COC(=O)c1ccc2[nH]cc(-c3cn(C4CN5CCC4CC5)nn3)c2c1. The van der Waals surface area contributed by atoms with Gasteiger partial charge in [0.05, 0.1) is 24.9 Å². The Morgan fingerprint density at radius 2 is 2.15 bits per heavy atom. The summed E-state index contributed by atoms with van der Waals surface area (Å²) in [5, 5.41) is 9.80. The summed E-state index contributed by atoms with van der Waals surface area (Å²) >= 11 is 0. The van der Waals surface area contributed by atoms with Crippen molar-refractivity contribution in [1.29, 1.82) is 0 Å². The number of carbonyl (C=O) groups excluding carboxylic acids is 1. The Bertz CT molecular complexity index is 967. The second kappa shape index (κ2) is 5.95. The van der Waals surface area contributed by atoms with E-state index in [-0.39, 0.29) is 5.97 Å². The quantitative estimate of drug-likeness (QED) is 0.734. The van der Waals surface area contributed by atoms with Crippen LogP contribution >= 0.6 is 0 Å². The van der Waals surface area contributed by atoms with Gasteiger partial charge in [0, 0.05) is 29.2 Å². The van der Waals surface area contributed by atoms with Gasteiger partial charge in [-0.1, -0.05) is 5.21 Å². The van der Waals surface area contributed by atoms with Crippen LogP contribution < -0.4 is 0 Å². The summed E-state index contributed by atoms with van der Waals surface area (Å²) in [6.07, 6.45) is 6.46. The molecule has 0 aliphatic carbocycles. The summed E-state index contributed by atoms with van der Waals surface area (Å²) in [5.41, 5.74) is 3.28. The lowest BCUT2D eigenvalue weighted by atomic mass is 9.84. The van der Waals surface area contributed by atoms with Crippen molar-refractivity contribution in [2.45, 2.75) is 18.9 Å². The lowest BCUT2D eigenvalue weighted by Gasteiger charge is -2.44. The van der Waals surface area contributed by atoms with Gasteiger partial charge in [0.25, 0.3) is 0 Å². The van der Waals surface area contributed by atoms with Gasteiger partial charge in [-0.25, -0.2) is 9.48 Å². The van der Waals surface area contributed by atoms with Gasteiger partial charge in [0.1, 0.15) is 5.69 Å². The standard InChI is InChI=1S/C19H21N5O2/c1-26-19(25)13-2-3-16-14(8-13)15(9-20-16)17-10-24(22-21-17)18-11-23-6-4-12(18)5-7-23/h2-3,8-10,12,18,20H,4-7,11H2,1H3. The Balaban J connectivity index is 1.50. The van der Waals surface area contributed by atoms with Crippen LogP contribution in [0.1, 0.15) is 29.2 Å². The highest BCUT2D eigenvalue weighted by Crippen LogP contribution is 2.36. The van der Waals surface area contributed by atoms with E-state index in [0.29, 0.717) is 17.5 Å². The van der Waals surface area contributed by atoms with Gasteiger partial charge >= 0.3 is 5.97 Å². The van der Waals surface area contributed by atoms with Crippen LogP contribution in [0.4, 0.5) is 0 Å². The van der Waals surface area contributed by atoms with E-state index in [2.05, 4.69) is 20.2 Å². The minimum absolute atomic E-state index is 0.338. The molecule has 2 bridgehead atoms. The molecule has 3 saturated heterocycles. The van der Waals surface area contributed by atoms with Gasteiger partial charge in [-0.15, -0.1) is 5.10 Å². The summed E-state index contributed by atoms with van der Waals surface area (Å²) in [6.45, 7) is 3.48. The van der Waals surface area contributed by atoms with Crippen molar-refractivity contribution < 1.29 is 9.53 Å². The molecule has 7 heteroatoms. The Hall–Kier alpha value is -2.67. The van der Waals surface area contributed by atoms with Gasteiger partial charge < -0.3 is 14.6 Å². The lowest BCUT2D eigenvalue weighted by molar-refractivity contribution is 0.0504. The number of aromatic amines is 1. The third-order valence-electron chi connectivity index (χ3n) is 5.85. The van der Waals surface area contributed by atoms with Crippen LogP contribution in [0.15, 0.2) is 30.6 Å².